The summed E-state index contributed by atoms with van der Waals surface area (Å²) in [5.41, 5.74) is 0. The Kier molecular flexibility index (Phi) is 2.67. The van der Waals surface area contributed by atoms with E-state index in [0.717, 1.165) is 0 Å². The molecular formula is C6H11ClN2O2S. The van der Waals surface area contributed by atoms with Crippen molar-refractivity contribution in [3.8, 4) is 0 Å². The number of hydrogen-bond donors (Lipinski definition) is 2. The molecule has 2 N–H and O–H groups in total. The molecule has 0 atom stereocenters. The van der Waals surface area contributed by atoms with E-state index in [-0.39, 0.29) is 11.1 Å². The molecule has 0 fully saturated rings. The van der Waals surface area contributed by atoms with Gasteiger partial charge in [-0.1, -0.05) is 9.80 Å². The van der Waals surface area contributed by atoms with E-state index in [1.165, 1.54) is 6.07 Å². The van der Waals surface area contributed by atoms with E-state index in [1.54, 1.807) is 10.9 Å². The van der Waals surface area contributed by atoms with E-state index in [9.17, 15) is 0 Å². The summed E-state index contributed by atoms with van der Waals surface area (Å²) in [7, 11) is 2.12. The molecule has 0 aromatic carbocycles. The van der Waals surface area contributed by atoms with Gasteiger partial charge in [-0.05, 0) is 13.8 Å². The molecule has 0 saturated carbocycles. The average Bonchev–Trinajstić information content (AvgIpc) is 2.30. The van der Waals surface area contributed by atoms with Gasteiger partial charge in [0, 0.05) is 29.0 Å². The second-order valence-corrected chi connectivity index (χ2v) is 5.38. The van der Waals surface area contributed by atoms with Crippen LogP contribution in [-0.4, -0.2) is 18.9 Å². The maximum absolute atomic E-state index is 9.01. The van der Waals surface area contributed by atoms with Crippen molar-refractivity contribution in [3.05, 3.63) is 12.3 Å². The van der Waals surface area contributed by atoms with Gasteiger partial charge in [-0.3, -0.25) is 13.8 Å². The highest BCUT2D eigenvalue weighted by Gasteiger charge is 2.15. The van der Waals surface area contributed by atoms with Crippen molar-refractivity contribution in [1.29, 1.82) is 0 Å². The number of rotatable bonds is 2. The fourth-order valence-electron chi connectivity index (χ4n) is 0.747. The third kappa shape index (κ3) is 2.13. The van der Waals surface area contributed by atoms with Crippen molar-refractivity contribution in [3.63, 3.8) is 0 Å². The summed E-state index contributed by atoms with van der Waals surface area (Å²) in [6, 6.07) is 1.69. The van der Waals surface area contributed by atoms with E-state index in [2.05, 4.69) is 5.10 Å². The number of nitrogens with zero attached hydrogens (tertiary/aromatic N) is 2. The van der Waals surface area contributed by atoms with Crippen LogP contribution in [0.5, 0.6) is 0 Å². The minimum Gasteiger partial charge on any atom is -0.280 e. The Morgan fingerprint density at radius 1 is 1.58 bits per heavy atom. The molecule has 1 aromatic rings. The smallest absolute Gasteiger partial charge is 0.185 e. The van der Waals surface area contributed by atoms with E-state index in [1.807, 2.05) is 13.8 Å². The van der Waals surface area contributed by atoms with Crippen molar-refractivity contribution in [1.82, 2.24) is 9.78 Å². The highest BCUT2D eigenvalue weighted by molar-refractivity contribution is 8.43. The zero-order valence-corrected chi connectivity index (χ0v) is 8.38. The van der Waals surface area contributed by atoms with Crippen LogP contribution in [-0.2, 0) is 0 Å². The summed E-state index contributed by atoms with van der Waals surface area (Å²) in [5, 5.41) is 4.03. The Labute approximate surface area is 77.0 Å². The highest BCUT2D eigenvalue weighted by atomic mass is 35.7. The summed E-state index contributed by atoms with van der Waals surface area (Å²) in [4.78, 5) is 0. The zero-order valence-electron chi connectivity index (χ0n) is 6.81. The van der Waals surface area contributed by atoms with Gasteiger partial charge in [0.25, 0.3) is 0 Å². The van der Waals surface area contributed by atoms with E-state index >= 15 is 0 Å². The Balaban J connectivity index is 2.92. The predicted octanol–water partition coefficient (Wildman–Crippen LogP) is 2.73. The van der Waals surface area contributed by atoms with Crippen molar-refractivity contribution in [2.75, 3.05) is 0 Å². The van der Waals surface area contributed by atoms with Gasteiger partial charge in [0.05, 0.1) is 0 Å². The summed E-state index contributed by atoms with van der Waals surface area (Å²) in [6.07, 6.45) is 1.66. The first-order chi connectivity index (χ1) is 5.41. The number of aromatic nitrogens is 2. The van der Waals surface area contributed by atoms with Crippen LogP contribution in [0.1, 0.15) is 19.9 Å². The first kappa shape index (κ1) is 9.85. The fourth-order valence-corrected chi connectivity index (χ4v) is 1.43. The Morgan fingerprint density at radius 3 is 2.42 bits per heavy atom. The van der Waals surface area contributed by atoms with Crippen molar-refractivity contribution in [2.24, 2.45) is 0 Å². The molecule has 0 radical (unpaired) electrons. The fraction of sp³-hybridized carbons (Fsp3) is 0.500. The molecule has 1 heterocycles. The Hall–Kier alpha value is -0.230. The second-order valence-electron chi connectivity index (χ2n) is 2.71. The largest absolute Gasteiger partial charge is 0.280 e. The molecule has 0 aliphatic rings. The standard InChI is InChI=1S/C6H11ClN2O2S/c1-5(2)9-4-3-6(8-9)12(7,10)11/h3-5,10-11H,1-2H3. The average molecular weight is 211 g/mol. The molecule has 1 aromatic heterocycles. The van der Waals surface area contributed by atoms with Gasteiger partial charge in [0.15, 0.2) is 5.03 Å². The Bertz CT molecular complexity index is 269. The maximum Gasteiger partial charge on any atom is 0.185 e. The summed E-state index contributed by atoms with van der Waals surface area (Å²) in [6.45, 7) is 3.88. The second kappa shape index (κ2) is 3.26. The lowest BCUT2D eigenvalue weighted by atomic mass is 10.4. The van der Waals surface area contributed by atoms with Crippen LogP contribution in [0.3, 0.4) is 0 Å². The minimum atomic E-state index is -3.18. The summed E-state index contributed by atoms with van der Waals surface area (Å²) < 4.78 is 19.6. The third-order valence-corrected chi connectivity index (χ3v) is 2.60. The molecule has 0 spiro atoms. The molecule has 0 unspecified atom stereocenters. The molecule has 1 rings (SSSR count). The van der Waals surface area contributed by atoms with Crippen LogP contribution in [0, 0.1) is 0 Å². The monoisotopic (exact) mass is 210 g/mol. The quantitative estimate of drug-likeness (QED) is 0.789. The van der Waals surface area contributed by atoms with Crippen LogP contribution >= 0.6 is 20.5 Å². The normalized spacial score (nSPS) is 13.8. The van der Waals surface area contributed by atoms with Crippen LogP contribution < -0.4 is 0 Å². The Morgan fingerprint density at radius 2 is 2.17 bits per heavy atom. The van der Waals surface area contributed by atoms with Crippen LogP contribution in [0.2, 0.25) is 0 Å². The van der Waals surface area contributed by atoms with E-state index in [4.69, 9.17) is 19.8 Å². The van der Waals surface area contributed by atoms with E-state index in [0.29, 0.717) is 0 Å². The van der Waals surface area contributed by atoms with Gasteiger partial charge in [0.2, 0.25) is 0 Å². The first-order valence-corrected chi connectivity index (χ1v) is 5.81. The predicted molar refractivity (Wildman–Crippen MR) is 49.6 cm³/mol. The van der Waals surface area contributed by atoms with Gasteiger partial charge in [-0.2, -0.15) is 5.10 Å². The zero-order chi connectivity index (χ0) is 9.35. The van der Waals surface area contributed by atoms with Gasteiger partial charge < -0.3 is 0 Å². The van der Waals surface area contributed by atoms with Crippen molar-refractivity contribution < 1.29 is 9.11 Å². The van der Waals surface area contributed by atoms with Gasteiger partial charge in [-0.25, -0.2) is 0 Å². The van der Waals surface area contributed by atoms with Crippen LogP contribution in [0.15, 0.2) is 17.3 Å². The molecular weight excluding hydrogens is 200 g/mol. The topological polar surface area (TPSA) is 58.3 Å². The molecule has 0 bridgehead atoms. The number of halogens is 1. The molecule has 12 heavy (non-hydrogen) atoms. The lowest BCUT2D eigenvalue weighted by molar-refractivity contribution is 0.486. The number of hydrogen-bond acceptors (Lipinski definition) is 3. The molecule has 0 aliphatic heterocycles. The van der Waals surface area contributed by atoms with Gasteiger partial charge in [0.1, 0.15) is 0 Å². The van der Waals surface area contributed by atoms with E-state index < -0.39 is 9.80 Å². The lowest BCUT2D eigenvalue weighted by Gasteiger charge is -2.19. The molecule has 70 valence electrons. The molecule has 4 nitrogen and oxygen atoms in total. The maximum atomic E-state index is 9.01. The molecule has 0 aliphatic carbocycles. The van der Waals surface area contributed by atoms with Crippen molar-refractivity contribution >= 4 is 20.5 Å². The van der Waals surface area contributed by atoms with Gasteiger partial charge in [-0.15, -0.1) is 0 Å². The molecule has 0 amide bonds. The summed E-state index contributed by atoms with van der Waals surface area (Å²) >= 11 is 0. The van der Waals surface area contributed by atoms with Crippen LogP contribution in [0.4, 0.5) is 0 Å². The van der Waals surface area contributed by atoms with Crippen LogP contribution in [0.25, 0.3) is 0 Å². The molecule has 6 heteroatoms. The summed E-state index contributed by atoms with van der Waals surface area (Å²) in [5.74, 6) is 0. The highest BCUT2D eigenvalue weighted by Crippen LogP contribution is 2.51. The van der Waals surface area contributed by atoms with Gasteiger partial charge >= 0.3 is 0 Å². The lowest BCUT2D eigenvalue weighted by Crippen LogP contribution is -2.02. The minimum absolute atomic E-state index is 0.123. The first-order valence-electron chi connectivity index (χ1n) is 3.44. The third-order valence-electron chi connectivity index (χ3n) is 1.38. The SMILES string of the molecule is CC(C)n1ccc(S(O)(O)Cl)n1. The van der Waals surface area contributed by atoms with Crippen molar-refractivity contribution in [2.45, 2.75) is 24.9 Å². The molecule has 0 saturated heterocycles.